The van der Waals surface area contributed by atoms with Crippen molar-refractivity contribution in [1.82, 2.24) is 14.9 Å². The highest BCUT2D eigenvalue weighted by molar-refractivity contribution is 5.94. The predicted molar refractivity (Wildman–Crippen MR) is 174 cm³/mol. The Labute approximate surface area is 270 Å². The van der Waals surface area contributed by atoms with Crippen LogP contribution >= 0.6 is 0 Å². The molecule has 0 spiro atoms. The van der Waals surface area contributed by atoms with Crippen LogP contribution in [0.3, 0.4) is 0 Å². The number of carboxylic acid groups (broad SMARTS) is 1. The van der Waals surface area contributed by atoms with E-state index >= 15 is 0 Å². The maximum Gasteiger partial charge on any atom is 0.310 e. The SMILES string of the molecule is Cc1nc(C(=O)N2CCOCC2)c2c(n1)C(C)(C)C1CC[C@]3(C)C(CC=C4C5[C@@H](C)[C@H](C)CC[C@]5(C(=O)O)CC[C@]43C)[C@@]1(C)C2. The van der Waals surface area contributed by atoms with Crippen molar-refractivity contribution < 1.29 is 19.4 Å². The zero-order valence-electron chi connectivity index (χ0n) is 29.0. The van der Waals surface area contributed by atoms with Crippen molar-refractivity contribution in [1.29, 1.82) is 0 Å². The van der Waals surface area contributed by atoms with Crippen molar-refractivity contribution in [3.8, 4) is 0 Å². The number of hydrogen-bond donors (Lipinski definition) is 1. The lowest BCUT2D eigenvalue weighted by Crippen LogP contribution is -2.65. The van der Waals surface area contributed by atoms with Crippen LogP contribution in [0, 0.1) is 58.2 Å². The minimum Gasteiger partial charge on any atom is -0.481 e. The summed E-state index contributed by atoms with van der Waals surface area (Å²) >= 11 is 0. The quantitative estimate of drug-likeness (QED) is 0.359. The van der Waals surface area contributed by atoms with Gasteiger partial charge in [-0.25, -0.2) is 9.97 Å². The summed E-state index contributed by atoms with van der Waals surface area (Å²) in [7, 11) is 0. The van der Waals surface area contributed by atoms with Gasteiger partial charge in [0.25, 0.3) is 5.91 Å². The summed E-state index contributed by atoms with van der Waals surface area (Å²) in [4.78, 5) is 39.0. The molecular formula is C38H55N3O4. The van der Waals surface area contributed by atoms with Crippen molar-refractivity contribution in [2.45, 2.75) is 112 Å². The molecular weight excluding hydrogens is 562 g/mol. The summed E-state index contributed by atoms with van der Waals surface area (Å²) < 4.78 is 5.57. The van der Waals surface area contributed by atoms with Crippen LogP contribution in [0.5, 0.6) is 0 Å². The van der Waals surface area contributed by atoms with E-state index in [4.69, 9.17) is 14.7 Å². The lowest BCUT2D eigenvalue weighted by Gasteiger charge is -2.70. The Morgan fingerprint density at radius 2 is 1.67 bits per heavy atom. The van der Waals surface area contributed by atoms with Gasteiger partial charge >= 0.3 is 5.97 Å². The fourth-order valence-electron chi connectivity index (χ4n) is 12.6. The molecule has 1 aromatic rings. The molecule has 5 aliphatic carbocycles. The normalized spacial score (nSPS) is 43.5. The Morgan fingerprint density at radius 3 is 2.36 bits per heavy atom. The van der Waals surface area contributed by atoms with Crippen molar-refractivity contribution in [3.05, 3.63) is 34.4 Å². The second kappa shape index (κ2) is 10.1. The molecule has 7 rings (SSSR count). The van der Waals surface area contributed by atoms with Crippen LogP contribution in [0.2, 0.25) is 0 Å². The van der Waals surface area contributed by atoms with Gasteiger partial charge in [0, 0.05) is 24.1 Å². The summed E-state index contributed by atoms with van der Waals surface area (Å²) in [6.07, 6.45) is 10.1. The molecule has 6 aliphatic rings. The smallest absolute Gasteiger partial charge is 0.310 e. The number of aliphatic carboxylic acids is 1. The fourth-order valence-corrected chi connectivity index (χ4v) is 12.6. The number of fused-ring (bicyclic) bond motifs is 8. The Bertz CT molecular complexity index is 1460. The number of carboxylic acids is 1. The average Bonchev–Trinajstić information content (AvgIpc) is 2.99. The third kappa shape index (κ3) is 4.04. The Morgan fingerprint density at radius 1 is 0.956 bits per heavy atom. The molecule has 1 amide bonds. The molecule has 246 valence electrons. The lowest BCUT2D eigenvalue weighted by atomic mass is 9.33. The van der Waals surface area contributed by atoms with Gasteiger partial charge in [-0.15, -0.1) is 0 Å². The number of hydrogen-bond acceptors (Lipinski definition) is 5. The van der Waals surface area contributed by atoms with Gasteiger partial charge < -0.3 is 14.7 Å². The highest BCUT2D eigenvalue weighted by Crippen LogP contribution is 2.75. The minimum absolute atomic E-state index is 0.0203. The van der Waals surface area contributed by atoms with E-state index in [1.54, 1.807) is 0 Å². The zero-order valence-corrected chi connectivity index (χ0v) is 29.0. The van der Waals surface area contributed by atoms with E-state index in [0.717, 1.165) is 62.6 Å². The van der Waals surface area contributed by atoms with Gasteiger partial charge in [-0.1, -0.05) is 60.1 Å². The second-order valence-electron chi connectivity index (χ2n) is 17.4. The topological polar surface area (TPSA) is 92.6 Å². The molecule has 1 aliphatic heterocycles. The van der Waals surface area contributed by atoms with Crippen LogP contribution in [0.1, 0.15) is 121 Å². The van der Waals surface area contributed by atoms with E-state index in [1.165, 1.54) is 5.57 Å². The van der Waals surface area contributed by atoms with Crippen LogP contribution in [-0.2, 0) is 21.4 Å². The van der Waals surface area contributed by atoms with Crippen LogP contribution in [0.25, 0.3) is 0 Å². The van der Waals surface area contributed by atoms with E-state index in [1.807, 2.05) is 11.8 Å². The summed E-state index contributed by atoms with van der Waals surface area (Å²) in [5.74, 6) is 1.99. The van der Waals surface area contributed by atoms with Crippen LogP contribution in [0.4, 0.5) is 0 Å². The van der Waals surface area contributed by atoms with Gasteiger partial charge in [-0.3, -0.25) is 9.59 Å². The van der Waals surface area contributed by atoms with Gasteiger partial charge in [0.1, 0.15) is 11.5 Å². The minimum atomic E-state index is -0.628. The first kappa shape index (κ1) is 31.3. The molecule has 0 radical (unpaired) electrons. The summed E-state index contributed by atoms with van der Waals surface area (Å²) in [6.45, 7) is 21.3. The number of carbonyl (C=O) groups excluding carboxylic acids is 1. The standard InChI is InChI=1S/C38H55N3O4/c1-22-11-14-38(33(43)44)16-15-36(7)26(29(38)23(22)2)9-10-28-35(6)21-25-30(32(42)41-17-19-45-20-18-41)39-24(3)40-31(25)34(4,5)27(35)12-13-37(28,36)8/h9,22-23,27-29H,10-21H2,1-8H3,(H,43,44)/t22-,23+,27?,28?,29?,35+,36-,37-,38+/m1/s1. The molecule has 9 atom stereocenters. The Hall–Kier alpha value is -2.28. The van der Waals surface area contributed by atoms with E-state index in [-0.39, 0.29) is 33.5 Å². The molecule has 1 N–H and O–H groups in total. The number of morpholine rings is 1. The third-order valence-electron chi connectivity index (χ3n) is 15.3. The van der Waals surface area contributed by atoms with Gasteiger partial charge in [0.05, 0.1) is 24.3 Å². The number of aryl methyl sites for hydroxylation is 1. The maximum atomic E-state index is 14.1. The Kier molecular flexibility index (Phi) is 7.04. The van der Waals surface area contributed by atoms with Crippen molar-refractivity contribution in [3.63, 3.8) is 0 Å². The number of nitrogens with zero attached hydrogens (tertiary/aromatic N) is 3. The first-order valence-electron chi connectivity index (χ1n) is 17.8. The van der Waals surface area contributed by atoms with Crippen molar-refractivity contribution in [2.24, 2.45) is 51.2 Å². The number of carbonyl (C=O) groups is 2. The van der Waals surface area contributed by atoms with Crippen LogP contribution in [0.15, 0.2) is 11.6 Å². The second-order valence-corrected chi connectivity index (χ2v) is 17.4. The number of amides is 1. The predicted octanol–water partition coefficient (Wildman–Crippen LogP) is 7.01. The van der Waals surface area contributed by atoms with Crippen LogP contribution in [-0.4, -0.2) is 58.2 Å². The number of rotatable bonds is 2. The zero-order chi connectivity index (χ0) is 32.3. The first-order valence-corrected chi connectivity index (χ1v) is 17.8. The third-order valence-corrected chi connectivity index (χ3v) is 15.3. The van der Waals surface area contributed by atoms with Gasteiger partial charge in [0.15, 0.2) is 0 Å². The highest BCUT2D eigenvalue weighted by Gasteiger charge is 2.69. The molecule has 4 fully saturated rings. The molecule has 45 heavy (non-hydrogen) atoms. The van der Waals surface area contributed by atoms with Gasteiger partial charge in [-0.05, 0) is 104 Å². The molecule has 7 nitrogen and oxygen atoms in total. The molecule has 2 heterocycles. The number of allylic oxidation sites excluding steroid dienone is 2. The summed E-state index contributed by atoms with van der Waals surface area (Å²) in [5.41, 5.74) is 3.34. The molecule has 0 bridgehead atoms. The number of ether oxygens (including phenoxy) is 1. The van der Waals surface area contributed by atoms with E-state index in [9.17, 15) is 14.7 Å². The molecule has 1 aromatic heterocycles. The van der Waals surface area contributed by atoms with E-state index < -0.39 is 11.4 Å². The number of aromatic nitrogens is 2. The maximum absolute atomic E-state index is 14.1. The summed E-state index contributed by atoms with van der Waals surface area (Å²) in [6, 6.07) is 0. The van der Waals surface area contributed by atoms with Gasteiger partial charge in [-0.2, -0.15) is 0 Å². The molecule has 3 saturated carbocycles. The average molecular weight is 618 g/mol. The Balaban J connectivity index is 1.34. The summed E-state index contributed by atoms with van der Waals surface area (Å²) in [5, 5.41) is 10.8. The monoisotopic (exact) mass is 617 g/mol. The van der Waals surface area contributed by atoms with Crippen molar-refractivity contribution in [2.75, 3.05) is 26.3 Å². The lowest BCUT2D eigenvalue weighted by molar-refractivity contribution is -0.179. The fraction of sp³-hybridized carbons (Fsp3) is 0.789. The van der Waals surface area contributed by atoms with E-state index in [0.29, 0.717) is 61.5 Å². The molecule has 7 heteroatoms. The van der Waals surface area contributed by atoms with E-state index in [2.05, 4.69) is 54.5 Å². The largest absolute Gasteiger partial charge is 0.481 e. The van der Waals surface area contributed by atoms with Crippen LogP contribution < -0.4 is 0 Å². The highest BCUT2D eigenvalue weighted by atomic mass is 16.5. The van der Waals surface area contributed by atoms with Gasteiger partial charge in [0.2, 0.25) is 0 Å². The molecule has 3 unspecified atom stereocenters. The first-order chi connectivity index (χ1) is 21.1. The molecule has 1 saturated heterocycles. The van der Waals surface area contributed by atoms with Crippen molar-refractivity contribution >= 4 is 11.9 Å². The molecule has 0 aromatic carbocycles.